The summed E-state index contributed by atoms with van der Waals surface area (Å²) in [7, 11) is 0. The fourth-order valence-electron chi connectivity index (χ4n) is 1.68. The zero-order valence-electron chi connectivity index (χ0n) is 11.1. The number of hydrogen-bond donors (Lipinski definition) is 0. The Morgan fingerprint density at radius 1 is 0.812 bits per heavy atom. The van der Waals surface area contributed by atoms with E-state index in [0.29, 0.717) is 0 Å². The topological polar surface area (TPSA) is 6.48 Å². The van der Waals surface area contributed by atoms with Crippen molar-refractivity contribution in [3.63, 3.8) is 0 Å². The average molecular weight is 224 g/mol. The first-order chi connectivity index (χ1) is 7.79. The third-order valence-corrected chi connectivity index (χ3v) is 2.62. The monoisotopic (exact) mass is 224 g/mol. The third-order valence-electron chi connectivity index (χ3n) is 2.62. The predicted octanol–water partition coefficient (Wildman–Crippen LogP) is 3.48. The van der Waals surface area contributed by atoms with Gasteiger partial charge in [0.2, 0.25) is 0 Å². The zero-order chi connectivity index (χ0) is 12.2. The highest BCUT2D eigenvalue weighted by molar-refractivity contribution is 4.78. The van der Waals surface area contributed by atoms with E-state index < -0.39 is 0 Å². The summed E-state index contributed by atoms with van der Waals surface area (Å²) in [5, 5.41) is 4.79. The van der Waals surface area contributed by atoms with E-state index in [0.717, 1.165) is 26.2 Å². The Bertz CT molecular complexity index is 160. The molecule has 0 spiro atoms. The summed E-state index contributed by atoms with van der Waals surface area (Å²) in [6, 6.07) is 0. The predicted molar refractivity (Wildman–Crippen MR) is 73.4 cm³/mol. The average Bonchev–Trinajstić information content (AvgIpc) is 2.29. The van der Waals surface area contributed by atoms with E-state index in [1.54, 1.807) is 0 Å². The van der Waals surface area contributed by atoms with Crippen molar-refractivity contribution >= 4 is 0 Å². The van der Waals surface area contributed by atoms with Crippen LogP contribution in [0, 0.1) is 0 Å². The van der Waals surface area contributed by atoms with Gasteiger partial charge in [-0.1, -0.05) is 38.8 Å². The van der Waals surface area contributed by atoms with Gasteiger partial charge < -0.3 is 0 Å². The lowest BCUT2D eigenvalue weighted by molar-refractivity contribution is -0.00671. The van der Waals surface area contributed by atoms with Crippen LogP contribution in [0.25, 0.3) is 0 Å². The van der Waals surface area contributed by atoms with Gasteiger partial charge in [0.25, 0.3) is 0 Å². The molecular weight excluding hydrogens is 196 g/mol. The highest BCUT2D eigenvalue weighted by atomic mass is 15.6. The van der Waals surface area contributed by atoms with Crippen LogP contribution in [0.5, 0.6) is 0 Å². The summed E-state index contributed by atoms with van der Waals surface area (Å²) < 4.78 is 0. The molecule has 0 aliphatic carbocycles. The van der Waals surface area contributed by atoms with Crippen molar-refractivity contribution < 1.29 is 0 Å². The molecule has 0 N–H and O–H groups in total. The maximum atomic E-state index is 3.82. The molecule has 0 bridgehead atoms. The molecule has 0 saturated heterocycles. The van der Waals surface area contributed by atoms with Gasteiger partial charge in [-0.05, 0) is 12.8 Å². The quantitative estimate of drug-likeness (QED) is 0.391. The molecule has 0 atom stereocenters. The van der Waals surface area contributed by atoms with Crippen LogP contribution in [-0.4, -0.2) is 36.2 Å². The smallest absolute Gasteiger partial charge is 0.0315 e. The summed E-state index contributed by atoms with van der Waals surface area (Å²) in [6.45, 7) is 16.3. The molecule has 0 unspecified atom stereocenters. The van der Waals surface area contributed by atoms with E-state index in [4.69, 9.17) is 0 Å². The van der Waals surface area contributed by atoms with Crippen molar-refractivity contribution in [3.8, 4) is 0 Å². The summed E-state index contributed by atoms with van der Waals surface area (Å²) in [5.41, 5.74) is 0. The molecule has 0 rings (SSSR count). The number of hydrogen-bond acceptors (Lipinski definition) is 2. The first kappa shape index (κ1) is 15.4. The Labute approximate surface area is 102 Å². The van der Waals surface area contributed by atoms with E-state index >= 15 is 0 Å². The van der Waals surface area contributed by atoms with E-state index in [1.807, 2.05) is 12.2 Å². The Morgan fingerprint density at radius 2 is 1.25 bits per heavy atom. The lowest BCUT2D eigenvalue weighted by Crippen LogP contribution is -2.44. The summed E-state index contributed by atoms with van der Waals surface area (Å²) in [4.78, 5) is 0. The van der Waals surface area contributed by atoms with Gasteiger partial charge in [0.1, 0.15) is 0 Å². The molecule has 94 valence electrons. The van der Waals surface area contributed by atoms with Gasteiger partial charge in [-0.3, -0.25) is 0 Å². The van der Waals surface area contributed by atoms with E-state index in [-0.39, 0.29) is 0 Å². The molecule has 2 heteroatoms. The second-order valence-corrected chi connectivity index (χ2v) is 4.11. The molecule has 0 aliphatic rings. The molecule has 16 heavy (non-hydrogen) atoms. The largest absolute Gasteiger partial charge is 0.241 e. The fraction of sp³-hybridized carbons (Fsp3) is 0.714. The maximum absolute atomic E-state index is 3.82. The minimum Gasteiger partial charge on any atom is -0.241 e. The Kier molecular flexibility index (Phi) is 10.5. The van der Waals surface area contributed by atoms with Gasteiger partial charge in [0.05, 0.1) is 0 Å². The van der Waals surface area contributed by atoms with Gasteiger partial charge in [-0.15, -0.1) is 13.2 Å². The summed E-state index contributed by atoms with van der Waals surface area (Å²) >= 11 is 0. The van der Waals surface area contributed by atoms with E-state index in [1.165, 1.54) is 25.7 Å². The highest BCUT2D eigenvalue weighted by Gasteiger charge is 2.11. The lowest BCUT2D eigenvalue weighted by atomic mass is 10.3. The minimum atomic E-state index is 0.916. The minimum absolute atomic E-state index is 0.916. The van der Waals surface area contributed by atoms with Crippen molar-refractivity contribution in [3.05, 3.63) is 25.3 Å². The van der Waals surface area contributed by atoms with Crippen LogP contribution in [0.3, 0.4) is 0 Å². The Hall–Kier alpha value is -0.600. The van der Waals surface area contributed by atoms with Gasteiger partial charge in [0, 0.05) is 26.2 Å². The second kappa shape index (κ2) is 10.9. The van der Waals surface area contributed by atoms with Crippen LogP contribution in [0.4, 0.5) is 0 Å². The van der Waals surface area contributed by atoms with Crippen LogP contribution in [-0.2, 0) is 0 Å². The summed E-state index contributed by atoms with van der Waals surface area (Å²) in [5.74, 6) is 0. The molecule has 0 heterocycles. The van der Waals surface area contributed by atoms with Gasteiger partial charge in [-0.25, -0.2) is 10.0 Å². The lowest BCUT2D eigenvalue weighted by Gasteiger charge is -2.33. The molecule has 2 nitrogen and oxygen atoms in total. The van der Waals surface area contributed by atoms with E-state index in [9.17, 15) is 0 Å². The van der Waals surface area contributed by atoms with Gasteiger partial charge in [-0.2, -0.15) is 0 Å². The molecule has 0 aliphatic heterocycles. The molecular formula is C14H28N2. The van der Waals surface area contributed by atoms with Crippen LogP contribution in [0.1, 0.15) is 39.5 Å². The molecule has 0 saturated carbocycles. The first-order valence-electron chi connectivity index (χ1n) is 6.51. The van der Waals surface area contributed by atoms with Crippen molar-refractivity contribution in [1.29, 1.82) is 0 Å². The van der Waals surface area contributed by atoms with Crippen molar-refractivity contribution in [2.24, 2.45) is 0 Å². The first-order valence-corrected chi connectivity index (χ1v) is 6.51. The SMILES string of the molecule is C=CCN(CC=C)N(CCCC)CCCC. The van der Waals surface area contributed by atoms with Crippen molar-refractivity contribution in [1.82, 2.24) is 10.0 Å². The second-order valence-electron chi connectivity index (χ2n) is 4.11. The number of nitrogens with zero attached hydrogens (tertiary/aromatic N) is 2. The molecule has 0 fully saturated rings. The molecule has 0 aromatic heterocycles. The number of unbranched alkanes of at least 4 members (excludes halogenated alkanes) is 2. The van der Waals surface area contributed by atoms with Crippen LogP contribution in [0.2, 0.25) is 0 Å². The van der Waals surface area contributed by atoms with E-state index in [2.05, 4.69) is 37.0 Å². The highest BCUT2D eigenvalue weighted by Crippen LogP contribution is 2.04. The van der Waals surface area contributed by atoms with Gasteiger partial charge in [0.15, 0.2) is 0 Å². The Morgan fingerprint density at radius 3 is 1.56 bits per heavy atom. The van der Waals surface area contributed by atoms with Crippen LogP contribution < -0.4 is 0 Å². The molecule has 0 radical (unpaired) electrons. The van der Waals surface area contributed by atoms with Crippen LogP contribution in [0.15, 0.2) is 25.3 Å². The van der Waals surface area contributed by atoms with Crippen molar-refractivity contribution in [2.75, 3.05) is 26.2 Å². The normalized spacial score (nSPS) is 11.0. The standard InChI is InChI=1S/C14H28N2/c1-5-9-13-16(14-10-6-2)15(11-7-3)12-8-4/h7-8H,3-6,9-14H2,1-2H3. The molecule has 0 aromatic rings. The maximum Gasteiger partial charge on any atom is 0.0315 e. The Balaban J connectivity index is 4.25. The summed E-state index contributed by atoms with van der Waals surface area (Å²) in [6.07, 6.45) is 8.95. The van der Waals surface area contributed by atoms with Gasteiger partial charge >= 0.3 is 0 Å². The fourth-order valence-corrected chi connectivity index (χ4v) is 1.68. The van der Waals surface area contributed by atoms with Crippen molar-refractivity contribution in [2.45, 2.75) is 39.5 Å². The molecule has 0 amide bonds. The van der Waals surface area contributed by atoms with Crippen LogP contribution >= 0.6 is 0 Å². The third kappa shape index (κ3) is 6.81. The zero-order valence-corrected chi connectivity index (χ0v) is 11.1. The molecule has 0 aromatic carbocycles. The number of hydrazine groups is 1. The number of rotatable bonds is 11.